The van der Waals surface area contributed by atoms with Crippen LogP contribution in [0.1, 0.15) is 22.1 Å². The number of hydrogen-bond acceptors (Lipinski definition) is 5. The summed E-state index contributed by atoms with van der Waals surface area (Å²) in [5.74, 6) is 0.672. The van der Waals surface area contributed by atoms with Crippen LogP contribution in [0, 0.1) is 20.8 Å². The van der Waals surface area contributed by atoms with Gasteiger partial charge in [0.15, 0.2) is 0 Å². The summed E-state index contributed by atoms with van der Waals surface area (Å²) in [4.78, 5) is 13.0. The number of aromatic nitrogens is 3. The van der Waals surface area contributed by atoms with E-state index in [0.29, 0.717) is 12.5 Å². The first-order valence-corrected chi connectivity index (χ1v) is 5.98. The van der Waals surface area contributed by atoms with Crippen molar-refractivity contribution in [1.82, 2.24) is 15.0 Å². The maximum absolute atomic E-state index is 4.37. The van der Waals surface area contributed by atoms with Crippen molar-refractivity contribution >= 4 is 17.3 Å². The zero-order chi connectivity index (χ0) is 11.5. The molecule has 0 atom stereocenters. The Morgan fingerprint density at radius 2 is 1.75 bits per heavy atom. The van der Waals surface area contributed by atoms with Gasteiger partial charge in [-0.2, -0.15) is 0 Å². The van der Waals surface area contributed by atoms with Gasteiger partial charge in [-0.25, -0.2) is 15.0 Å². The number of hydrogen-bond donors (Lipinski definition) is 1. The Hall–Kier alpha value is -1.49. The fraction of sp³-hybridized carbons (Fsp3) is 0.364. The minimum absolute atomic E-state index is 0.672. The van der Waals surface area contributed by atoms with E-state index >= 15 is 0 Å². The predicted molar refractivity (Wildman–Crippen MR) is 65.7 cm³/mol. The Balaban J connectivity index is 2.04. The van der Waals surface area contributed by atoms with Crippen LogP contribution >= 0.6 is 11.3 Å². The maximum Gasteiger partial charge on any atom is 0.223 e. The summed E-state index contributed by atoms with van der Waals surface area (Å²) in [7, 11) is 0. The third-order valence-corrected chi connectivity index (χ3v) is 3.01. The molecule has 0 aromatic carbocycles. The lowest BCUT2D eigenvalue weighted by Gasteiger charge is -2.04. The number of nitrogens with one attached hydrogen (secondary N) is 1. The molecule has 0 fully saturated rings. The molecule has 5 heteroatoms. The first kappa shape index (κ1) is 11.0. The van der Waals surface area contributed by atoms with Crippen LogP contribution in [0.3, 0.4) is 0 Å². The highest BCUT2D eigenvalue weighted by molar-refractivity contribution is 7.09. The Morgan fingerprint density at radius 3 is 2.31 bits per heavy atom. The summed E-state index contributed by atoms with van der Waals surface area (Å²) in [5.41, 5.74) is 3.01. The molecule has 0 radical (unpaired) electrons. The summed E-state index contributed by atoms with van der Waals surface area (Å²) < 4.78 is 0. The fourth-order valence-electron chi connectivity index (χ4n) is 1.44. The molecule has 0 amide bonds. The molecular weight excluding hydrogens is 220 g/mol. The van der Waals surface area contributed by atoms with Crippen LogP contribution < -0.4 is 5.32 Å². The minimum Gasteiger partial charge on any atom is -0.348 e. The van der Waals surface area contributed by atoms with Crippen LogP contribution in [0.4, 0.5) is 5.95 Å². The van der Waals surface area contributed by atoms with Crippen molar-refractivity contribution in [2.75, 3.05) is 5.32 Å². The van der Waals surface area contributed by atoms with Crippen molar-refractivity contribution in [3.8, 4) is 0 Å². The number of anilines is 1. The summed E-state index contributed by atoms with van der Waals surface area (Å²) in [5, 5.41) is 6.28. The first-order valence-electron chi connectivity index (χ1n) is 5.10. The zero-order valence-corrected chi connectivity index (χ0v) is 10.4. The van der Waals surface area contributed by atoms with E-state index in [1.807, 2.05) is 32.2 Å². The fourth-order valence-corrected chi connectivity index (χ4v) is 2.16. The largest absolute Gasteiger partial charge is 0.348 e. The average molecular weight is 234 g/mol. The summed E-state index contributed by atoms with van der Waals surface area (Å²) in [6.07, 6.45) is 0. The third-order valence-electron chi connectivity index (χ3n) is 2.05. The van der Waals surface area contributed by atoms with Gasteiger partial charge in [0.2, 0.25) is 5.95 Å². The van der Waals surface area contributed by atoms with Gasteiger partial charge < -0.3 is 5.32 Å². The molecule has 84 valence electrons. The second kappa shape index (κ2) is 4.57. The molecule has 0 aliphatic heterocycles. The van der Waals surface area contributed by atoms with Crippen LogP contribution in [-0.4, -0.2) is 15.0 Å². The van der Waals surface area contributed by atoms with E-state index in [1.54, 1.807) is 11.3 Å². The molecule has 2 aromatic rings. The van der Waals surface area contributed by atoms with Gasteiger partial charge in [0, 0.05) is 22.5 Å². The molecule has 4 nitrogen and oxygen atoms in total. The lowest BCUT2D eigenvalue weighted by Crippen LogP contribution is -2.05. The Kier molecular flexibility index (Phi) is 3.14. The molecule has 2 heterocycles. The van der Waals surface area contributed by atoms with Crippen LogP contribution in [0.5, 0.6) is 0 Å². The highest BCUT2D eigenvalue weighted by Gasteiger charge is 2.01. The standard InChI is InChI=1S/C11H14N4S/c1-7-4-8(2)15-11(14-7)12-5-10-13-9(3)6-16-10/h4,6H,5H2,1-3H3,(H,12,14,15). The quantitative estimate of drug-likeness (QED) is 0.886. The van der Waals surface area contributed by atoms with Crippen LogP contribution in [0.25, 0.3) is 0 Å². The minimum atomic E-state index is 0.672. The topological polar surface area (TPSA) is 50.7 Å². The lowest BCUT2D eigenvalue weighted by atomic mass is 10.4. The second-order valence-electron chi connectivity index (χ2n) is 3.71. The molecule has 0 bridgehead atoms. The van der Waals surface area contributed by atoms with Crippen molar-refractivity contribution in [2.24, 2.45) is 0 Å². The second-order valence-corrected chi connectivity index (χ2v) is 4.65. The first-order chi connectivity index (χ1) is 7.63. The van der Waals surface area contributed by atoms with Crippen molar-refractivity contribution in [3.63, 3.8) is 0 Å². The summed E-state index contributed by atoms with van der Waals surface area (Å²) in [6.45, 7) is 6.61. The van der Waals surface area contributed by atoms with E-state index in [4.69, 9.17) is 0 Å². The SMILES string of the molecule is Cc1cc(C)nc(NCc2nc(C)cs2)n1. The number of thiazole rings is 1. The van der Waals surface area contributed by atoms with Gasteiger partial charge in [-0.3, -0.25) is 0 Å². The van der Waals surface area contributed by atoms with Crippen molar-refractivity contribution in [1.29, 1.82) is 0 Å². The van der Waals surface area contributed by atoms with Crippen LogP contribution in [-0.2, 0) is 6.54 Å². The van der Waals surface area contributed by atoms with Gasteiger partial charge in [0.05, 0.1) is 6.54 Å². The normalized spacial score (nSPS) is 10.4. The molecule has 0 saturated heterocycles. The molecule has 1 N–H and O–H groups in total. The number of aryl methyl sites for hydroxylation is 3. The van der Waals surface area contributed by atoms with Gasteiger partial charge in [-0.15, -0.1) is 11.3 Å². The van der Waals surface area contributed by atoms with Gasteiger partial charge in [0.25, 0.3) is 0 Å². The molecule has 0 saturated carbocycles. The average Bonchev–Trinajstić information content (AvgIpc) is 2.60. The summed E-state index contributed by atoms with van der Waals surface area (Å²) in [6, 6.07) is 1.96. The summed E-state index contributed by atoms with van der Waals surface area (Å²) >= 11 is 1.65. The van der Waals surface area contributed by atoms with Gasteiger partial charge in [0.1, 0.15) is 5.01 Å². The molecular formula is C11H14N4S. The van der Waals surface area contributed by atoms with Gasteiger partial charge in [-0.1, -0.05) is 0 Å². The van der Waals surface area contributed by atoms with E-state index in [-0.39, 0.29) is 0 Å². The van der Waals surface area contributed by atoms with Gasteiger partial charge in [-0.05, 0) is 26.8 Å². The molecule has 0 unspecified atom stereocenters. The predicted octanol–water partition coefficient (Wildman–Crippen LogP) is 2.47. The van der Waals surface area contributed by atoms with Crippen LogP contribution in [0.2, 0.25) is 0 Å². The molecule has 0 aliphatic carbocycles. The van der Waals surface area contributed by atoms with E-state index in [2.05, 4.69) is 20.3 Å². The zero-order valence-electron chi connectivity index (χ0n) is 9.61. The highest BCUT2D eigenvalue weighted by atomic mass is 32.1. The van der Waals surface area contributed by atoms with Gasteiger partial charge >= 0.3 is 0 Å². The third kappa shape index (κ3) is 2.76. The molecule has 2 aromatic heterocycles. The van der Waals surface area contributed by atoms with Crippen molar-refractivity contribution < 1.29 is 0 Å². The van der Waals surface area contributed by atoms with E-state index in [9.17, 15) is 0 Å². The Bertz CT molecular complexity index is 472. The Labute approximate surface area is 98.8 Å². The van der Waals surface area contributed by atoms with Crippen molar-refractivity contribution in [2.45, 2.75) is 27.3 Å². The molecule has 0 aliphatic rings. The Morgan fingerprint density at radius 1 is 1.06 bits per heavy atom. The molecule has 0 spiro atoms. The highest BCUT2D eigenvalue weighted by Crippen LogP contribution is 2.11. The van der Waals surface area contributed by atoms with E-state index < -0.39 is 0 Å². The smallest absolute Gasteiger partial charge is 0.223 e. The molecule has 2 rings (SSSR count). The number of nitrogens with zero attached hydrogens (tertiary/aromatic N) is 3. The van der Waals surface area contributed by atoms with Crippen LogP contribution in [0.15, 0.2) is 11.4 Å². The van der Waals surface area contributed by atoms with Crippen molar-refractivity contribution in [3.05, 3.63) is 33.5 Å². The van der Waals surface area contributed by atoms with E-state index in [1.165, 1.54) is 0 Å². The number of rotatable bonds is 3. The molecule has 16 heavy (non-hydrogen) atoms. The maximum atomic E-state index is 4.37. The van der Waals surface area contributed by atoms with E-state index in [0.717, 1.165) is 22.1 Å². The monoisotopic (exact) mass is 234 g/mol. The lowest BCUT2D eigenvalue weighted by molar-refractivity contribution is 0.989.